The van der Waals surface area contributed by atoms with E-state index < -0.39 is 5.97 Å². The maximum atomic E-state index is 10.7. The Balaban J connectivity index is 1.78. The van der Waals surface area contributed by atoms with Crippen LogP contribution >= 0.6 is 34.9 Å². The summed E-state index contributed by atoms with van der Waals surface area (Å²) < 4.78 is 0.965. The highest BCUT2D eigenvalue weighted by Gasteiger charge is 2.11. The number of nitrogens with zero attached hydrogens (tertiary/aromatic N) is 1. The smallest absolute Gasteiger partial charge is 0.308 e. The van der Waals surface area contributed by atoms with E-state index in [0.29, 0.717) is 0 Å². The predicted octanol–water partition coefficient (Wildman–Crippen LogP) is 3.96. The SMILES string of the molecule is Cc1nc(SCCSc2ccccc2)sc1CC(=O)O. The van der Waals surface area contributed by atoms with Gasteiger partial charge >= 0.3 is 5.97 Å². The normalized spacial score (nSPS) is 10.7. The Hall–Kier alpha value is -0.980. The van der Waals surface area contributed by atoms with E-state index in [1.165, 1.54) is 16.2 Å². The van der Waals surface area contributed by atoms with E-state index in [1.807, 2.05) is 36.9 Å². The zero-order chi connectivity index (χ0) is 14.4. The zero-order valence-corrected chi connectivity index (χ0v) is 13.5. The van der Waals surface area contributed by atoms with Crippen LogP contribution in [0, 0.1) is 6.92 Å². The van der Waals surface area contributed by atoms with Gasteiger partial charge in [-0.15, -0.1) is 23.1 Å². The van der Waals surface area contributed by atoms with Gasteiger partial charge in [-0.1, -0.05) is 30.0 Å². The molecule has 0 radical (unpaired) electrons. The maximum Gasteiger partial charge on any atom is 0.308 e. The van der Waals surface area contributed by atoms with Crippen LogP contribution in [-0.4, -0.2) is 27.6 Å². The van der Waals surface area contributed by atoms with E-state index in [1.54, 1.807) is 11.8 Å². The number of carboxylic acids is 1. The van der Waals surface area contributed by atoms with Crippen LogP contribution in [0.1, 0.15) is 10.6 Å². The molecule has 3 nitrogen and oxygen atoms in total. The number of benzene rings is 1. The first-order valence-electron chi connectivity index (χ1n) is 6.14. The van der Waals surface area contributed by atoms with Gasteiger partial charge in [0.1, 0.15) is 4.34 Å². The lowest BCUT2D eigenvalue weighted by Gasteiger charge is -1.99. The molecule has 1 aromatic heterocycles. The first-order valence-corrected chi connectivity index (χ1v) is 8.92. The molecule has 0 unspecified atom stereocenters. The summed E-state index contributed by atoms with van der Waals surface area (Å²) in [5.74, 6) is 1.19. The van der Waals surface area contributed by atoms with Crippen LogP contribution in [0.25, 0.3) is 0 Å². The summed E-state index contributed by atoms with van der Waals surface area (Å²) in [7, 11) is 0. The van der Waals surface area contributed by atoms with Crippen molar-refractivity contribution in [3.05, 3.63) is 40.9 Å². The number of aryl methyl sites for hydroxylation is 1. The van der Waals surface area contributed by atoms with E-state index in [-0.39, 0.29) is 6.42 Å². The Labute approximate surface area is 130 Å². The molecule has 106 valence electrons. The van der Waals surface area contributed by atoms with Crippen LogP contribution in [0.3, 0.4) is 0 Å². The zero-order valence-electron chi connectivity index (χ0n) is 11.0. The topological polar surface area (TPSA) is 50.2 Å². The molecule has 0 aliphatic rings. The third-order valence-electron chi connectivity index (χ3n) is 2.51. The van der Waals surface area contributed by atoms with Crippen molar-refractivity contribution in [2.75, 3.05) is 11.5 Å². The van der Waals surface area contributed by atoms with Crippen LogP contribution in [0.2, 0.25) is 0 Å². The highest BCUT2D eigenvalue weighted by molar-refractivity contribution is 8.03. The van der Waals surface area contributed by atoms with Crippen molar-refractivity contribution < 1.29 is 9.90 Å². The number of hydrogen-bond acceptors (Lipinski definition) is 5. The molecule has 0 atom stereocenters. The number of rotatable bonds is 7. The molecule has 6 heteroatoms. The van der Waals surface area contributed by atoms with E-state index in [2.05, 4.69) is 17.1 Å². The summed E-state index contributed by atoms with van der Waals surface area (Å²) in [5, 5.41) is 8.81. The van der Waals surface area contributed by atoms with Crippen molar-refractivity contribution in [1.82, 2.24) is 4.98 Å². The van der Waals surface area contributed by atoms with Crippen LogP contribution in [0.4, 0.5) is 0 Å². The van der Waals surface area contributed by atoms with Crippen LogP contribution in [0.5, 0.6) is 0 Å². The first-order chi connectivity index (χ1) is 9.65. The summed E-state index contributed by atoms with van der Waals surface area (Å²) in [4.78, 5) is 17.3. The lowest BCUT2D eigenvalue weighted by atomic mass is 10.3. The van der Waals surface area contributed by atoms with Crippen LogP contribution < -0.4 is 0 Å². The third kappa shape index (κ3) is 4.85. The van der Waals surface area contributed by atoms with Gasteiger partial charge in [-0.25, -0.2) is 4.98 Å². The standard InChI is InChI=1S/C14H15NO2S3/c1-10-12(9-13(16)17)20-14(15-10)19-8-7-18-11-5-3-2-4-6-11/h2-6H,7-9H2,1H3,(H,16,17). The molecule has 0 aliphatic heterocycles. The molecule has 2 rings (SSSR count). The Kier molecular flexibility index (Phi) is 5.94. The molecule has 0 fully saturated rings. The summed E-state index contributed by atoms with van der Waals surface area (Å²) in [6.07, 6.45) is 0.0722. The Morgan fingerprint density at radius 3 is 2.65 bits per heavy atom. The van der Waals surface area contributed by atoms with Gasteiger partial charge < -0.3 is 5.11 Å². The minimum absolute atomic E-state index is 0.0722. The number of carbonyl (C=O) groups is 1. The second-order valence-corrected chi connectivity index (χ2v) is 7.66. The van der Waals surface area contributed by atoms with Crippen molar-refractivity contribution in [3.8, 4) is 0 Å². The largest absolute Gasteiger partial charge is 0.481 e. The van der Waals surface area contributed by atoms with Crippen LogP contribution in [-0.2, 0) is 11.2 Å². The molecule has 0 amide bonds. The monoisotopic (exact) mass is 325 g/mol. The summed E-state index contributed by atoms with van der Waals surface area (Å²) in [5.41, 5.74) is 0.843. The Morgan fingerprint density at radius 2 is 1.95 bits per heavy atom. The number of aliphatic carboxylic acids is 1. The number of carboxylic acid groups (broad SMARTS) is 1. The van der Waals surface area contributed by atoms with Crippen molar-refractivity contribution >= 4 is 40.8 Å². The van der Waals surface area contributed by atoms with Gasteiger partial charge in [-0.05, 0) is 19.1 Å². The van der Waals surface area contributed by atoms with Gasteiger partial charge in [0, 0.05) is 21.3 Å². The summed E-state index contributed by atoms with van der Waals surface area (Å²) in [6.45, 7) is 1.87. The number of aromatic nitrogens is 1. The molecule has 1 aromatic carbocycles. The second-order valence-electron chi connectivity index (χ2n) is 4.07. The van der Waals surface area contributed by atoms with Gasteiger partial charge in [-0.2, -0.15) is 0 Å². The average molecular weight is 325 g/mol. The van der Waals surface area contributed by atoms with Gasteiger partial charge in [-0.3, -0.25) is 4.79 Å². The molecule has 1 heterocycles. The second kappa shape index (κ2) is 7.71. The summed E-state index contributed by atoms with van der Waals surface area (Å²) in [6, 6.07) is 10.3. The molecule has 0 aliphatic carbocycles. The highest BCUT2D eigenvalue weighted by atomic mass is 32.2. The van der Waals surface area contributed by atoms with Gasteiger partial charge in [0.05, 0.1) is 12.1 Å². The molecule has 0 saturated carbocycles. The molecular weight excluding hydrogens is 310 g/mol. The molecule has 0 bridgehead atoms. The van der Waals surface area contributed by atoms with Gasteiger partial charge in [0.25, 0.3) is 0 Å². The van der Waals surface area contributed by atoms with Crippen LogP contribution in [0.15, 0.2) is 39.6 Å². The highest BCUT2D eigenvalue weighted by Crippen LogP contribution is 2.29. The quantitative estimate of drug-likeness (QED) is 0.617. The van der Waals surface area contributed by atoms with Crippen molar-refractivity contribution in [2.24, 2.45) is 0 Å². The van der Waals surface area contributed by atoms with E-state index >= 15 is 0 Å². The molecule has 1 N–H and O–H groups in total. The molecule has 20 heavy (non-hydrogen) atoms. The van der Waals surface area contributed by atoms with Crippen molar-refractivity contribution in [2.45, 2.75) is 22.6 Å². The third-order valence-corrected chi connectivity index (χ3v) is 6.08. The van der Waals surface area contributed by atoms with Crippen molar-refractivity contribution in [1.29, 1.82) is 0 Å². The fourth-order valence-electron chi connectivity index (χ4n) is 1.57. The Bertz CT molecular complexity index is 569. The number of thioether (sulfide) groups is 2. The van der Waals surface area contributed by atoms with E-state index in [4.69, 9.17) is 5.11 Å². The predicted molar refractivity (Wildman–Crippen MR) is 86.1 cm³/mol. The number of hydrogen-bond donors (Lipinski definition) is 1. The molecule has 0 spiro atoms. The van der Waals surface area contributed by atoms with Gasteiger partial charge in [0.2, 0.25) is 0 Å². The minimum Gasteiger partial charge on any atom is -0.481 e. The van der Waals surface area contributed by atoms with Gasteiger partial charge in [0.15, 0.2) is 0 Å². The average Bonchev–Trinajstić information content (AvgIpc) is 2.76. The molecular formula is C14H15NO2S3. The fraction of sp³-hybridized carbons (Fsp3) is 0.286. The maximum absolute atomic E-state index is 10.7. The lowest BCUT2D eigenvalue weighted by molar-refractivity contribution is -0.136. The lowest BCUT2D eigenvalue weighted by Crippen LogP contribution is -1.99. The minimum atomic E-state index is -0.798. The fourth-order valence-corrected chi connectivity index (χ4v) is 4.77. The molecule has 0 saturated heterocycles. The Morgan fingerprint density at radius 1 is 1.25 bits per heavy atom. The molecule has 2 aromatic rings. The summed E-state index contributed by atoms with van der Waals surface area (Å²) >= 11 is 5.01. The van der Waals surface area contributed by atoms with Crippen molar-refractivity contribution in [3.63, 3.8) is 0 Å². The van der Waals surface area contributed by atoms with E-state index in [9.17, 15) is 4.79 Å². The number of thiazole rings is 1. The first kappa shape index (κ1) is 15.4. The van der Waals surface area contributed by atoms with E-state index in [0.717, 1.165) is 26.4 Å².